The highest BCUT2D eigenvalue weighted by molar-refractivity contribution is 7.81. The number of hydrogen-bond donors (Lipinski definition) is 0. The maximum atomic E-state index is 12.5. The van der Waals surface area contributed by atoms with Crippen LogP contribution < -0.4 is 19.1 Å². The highest BCUT2D eigenvalue weighted by Crippen LogP contribution is 2.36. The second-order valence-corrected chi connectivity index (χ2v) is 8.86. The lowest BCUT2D eigenvalue weighted by molar-refractivity contribution is 0.00578. The molecule has 0 N–H and O–H groups in total. The average molecular weight is 438 g/mol. The summed E-state index contributed by atoms with van der Waals surface area (Å²) in [6.45, 7) is 9.70. The molecule has 1 unspecified atom stereocenters. The monoisotopic (exact) mass is 438 g/mol. The topological polar surface area (TPSA) is 80.3 Å². The van der Waals surface area contributed by atoms with Crippen LogP contribution in [-0.2, 0) is 19.8 Å². The normalized spacial score (nSPS) is 18.7. The van der Waals surface area contributed by atoms with Crippen LogP contribution in [0.3, 0.4) is 0 Å². The third-order valence-electron chi connectivity index (χ3n) is 5.03. The lowest BCUT2D eigenvalue weighted by Crippen LogP contribution is -2.41. The van der Waals surface area contributed by atoms with Gasteiger partial charge in [-0.2, -0.15) is 8.42 Å². The van der Waals surface area contributed by atoms with Gasteiger partial charge >= 0.3 is 17.6 Å². The molecule has 0 aromatic heterocycles. The Bertz CT molecular complexity index is 959. The van der Waals surface area contributed by atoms with Crippen molar-refractivity contribution in [2.24, 2.45) is 0 Å². The van der Waals surface area contributed by atoms with E-state index in [-0.39, 0.29) is 5.75 Å². The highest BCUT2D eigenvalue weighted by Gasteiger charge is 2.51. The van der Waals surface area contributed by atoms with Crippen LogP contribution in [0.2, 0.25) is 0 Å². The molecule has 0 radical (unpaired) electrons. The Morgan fingerprint density at radius 1 is 0.833 bits per heavy atom. The van der Waals surface area contributed by atoms with E-state index in [9.17, 15) is 12.3 Å². The van der Waals surface area contributed by atoms with Crippen LogP contribution in [-0.4, -0.2) is 33.0 Å². The van der Waals surface area contributed by atoms with Gasteiger partial charge in [0.2, 0.25) is 6.29 Å². The zero-order chi connectivity index (χ0) is 22.2. The third-order valence-corrected chi connectivity index (χ3v) is 5.42. The van der Waals surface area contributed by atoms with Crippen LogP contribution >= 0.6 is 0 Å². The van der Waals surface area contributed by atoms with Gasteiger partial charge < -0.3 is 23.0 Å². The first kappa shape index (κ1) is 22.4. The lowest BCUT2D eigenvalue weighted by atomic mass is 9.79. The van der Waals surface area contributed by atoms with E-state index < -0.39 is 35.1 Å². The summed E-state index contributed by atoms with van der Waals surface area (Å²) in [6.07, 6.45) is -0.635. The standard InChI is InChI=1S/C20H24BFO7S/c1-14(26-17-10-12-18(13-11-17)27-30(22,23)24)25-16-8-6-15(7-9-16)21-28-19(2,3)20(4,5)29-21/h6-14H,1-5H3. The number of hydrogen-bond acceptors (Lipinski definition) is 7. The molecule has 0 bridgehead atoms. The van der Waals surface area contributed by atoms with Gasteiger partial charge in [-0.15, -0.1) is 0 Å². The smallest absolute Gasteiger partial charge is 0.455 e. The Morgan fingerprint density at radius 2 is 1.23 bits per heavy atom. The number of benzene rings is 2. The molecule has 1 heterocycles. The molecule has 0 aliphatic carbocycles. The molecule has 10 heteroatoms. The van der Waals surface area contributed by atoms with E-state index >= 15 is 0 Å². The molecule has 1 aliphatic rings. The molecular formula is C20H24BFO7S. The second-order valence-electron chi connectivity index (χ2n) is 7.91. The van der Waals surface area contributed by atoms with Crippen LogP contribution in [0.5, 0.6) is 17.2 Å². The molecule has 2 aromatic carbocycles. The van der Waals surface area contributed by atoms with E-state index in [0.29, 0.717) is 11.5 Å². The van der Waals surface area contributed by atoms with E-state index in [1.807, 2.05) is 39.8 Å². The minimum Gasteiger partial charge on any atom is -0.455 e. The zero-order valence-electron chi connectivity index (χ0n) is 17.4. The van der Waals surface area contributed by atoms with Crippen molar-refractivity contribution in [2.75, 3.05) is 0 Å². The van der Waals surface area contributed by atoms with Gasteiger partial charge in [0.25, 0.3) is 0 Å². The van der Waals surface area contributed by atoms with Crippen molar-refractivity contribution < 1.29 is 35.3 Å². The van der Waals surface area contributed by atoms with Crippen molar-refractivity contribution in [2.45, 2.75) is 52.1 Å². The fourth-order valence-corrected chi connectivity index (χ4v) is 3.12. The van der Waals surface area contributed by atoms with Crippen molar-refractivity contribution in [3.8, 4) is 17.2 Å². The Balaban J connectivity index is 1.57. The lowest BCUT2D eigenvalue weighted by Gasteiger charge is -2.32. The third kappa shape index (κ3) is 5.44. The van der Waals surface area contributed by atoms with Gasteiger partial charge in [0.1, 0.15) is 17.2 Å². The molecule has 1 saturated heterocycles. The predicted molar refractivity (Wildman–Crippen MR) is 110 cm³/mol. The Morgan fingerprint density at radius 3 is 1.67 bits per heavy atom. The van der Waals surface area contributed by atoms with Crippen LogP contribution in [0, 0.1) is 0 Å². The summed E-state index contributed by atoms with van der Waals surface area (Å²) in [5, 5.41) is 0. The van der Waals surface area contributed by atoms with Crippen molar-refractivity contribution in [3.05, 3.63) is 48.5 Å². The Labute approximate surface area is 176 Å². The zero-order valence-corrected chi connectivity index (χ0v) is 18.2. The quantitative estimate of drug-likeness (QED) is 0.373. The highest BCUT2D eigenvalue weighted by atomic mass is 32.3. The summed E-state index contributed by atoms with van der Waals surface area (Å²) in [7, 11) is -5.51. The van der Waals surface area contributed by atoms with Gasteiger partial charge in [-0.3, -0.25) is 0 Å². The minimum atomic E-state index is -5.06. The number of ether oxygens (including phenoxy) is 2. The molecule has 0 saturated carbocycles. The average Bonchev–Trinajstić information content (AvgIpc) is 2.83. The summed E-state index contributed by atoms with van der Waals surface area (Å²) in [5.41, 5.74) is 0.0573. The number of rotatable bonds is 7. The van der Waals surface area contributed by atoms with Crippen LogP contribution in [0.25, 0.3) is 0 Å². The maximum Gasteiger partial charge on any atom is 0.494 e. The molecule has 1 fully saturated rings. The Hall–Kier alpha value is -2.30. The van der Waals surface area contributed by atoms with Crippen LogP contribution in [0.1, 0.15) is 34.6 Å². The van der Waals surface area contributed by atoms with Gasteiger partial charge in [0.05, 0.1) is 11.2 Å². The predicted octanol–water partition coefficient (Wildman–Crippen LogP) is 3.38. The molecule has 7 nitrogen and oxygen atoms in total. The molecule has 2 aromatic rings. The SMILES string of the molecule is CC(Oc1ccc(OS(=O)(=O)F)cc1)Oc1ccc(B2OC(C)(C)C(C)(C)O2)cc1. The molecule has 0 spiro atoms. The fourth-order valence-electron chi connectivity index (χ4n) is 2.78. The minimum absolute atomic E-state index is 0.156. The molecule has 3 rings (SSSR count). The summed E-state index contributed by atoms with van der Waals surface area (Å²) in [4.78, 5) is 0. The van der Waals surface area contributed by atoms with E-state index in [1.54, 1.807) is 19.1 Å². The van der Waals surface area contributed by atoms with Crippen molar-refractivity contribution in [3.63, 3.8) is 0 Å². The summed E-state index contributed by atoms with van der Waals surface area (Å²) < 4.78 is 61.0. The van der Waals surface area contributed by atoms with Crippen molar-refractivity contribution in [1.29, 1.82) is 0 Å². The van der Waals surface area contributed by atoms with Crippen molar-refractivity contribution >= 4 is 23.1 Å². The largest absolute Gasteiger partial charge is 0.494 e. The van der Waals surface area contributed by atoms with Crippen LogP contribution in [0.4, 0.5) is 3.89 Å². The molecule has 1 aliphatic heterocycles. The summed E-state index contributed by atoms with van der Waals surface area (Å²) in [5.74, 6) is 0.836. The molecular weight excluding hydrogens is 414 g/mol. The first-order valence-electron chi connectivity index (χ1n) is 9.38. The summed E-state index contributed by atoms with van der Waals surface area (Å²) in [6, 6.07) is 12.8. The first-order valence-corrected chi connectivity index (χ1v) is 10.7. The van der Waals surface area contributed by atoms with Crippen molar-refractivity contribution in [1.82, 2.24) is 0 Å². The van der Waals surface area contributed by atoms with Gasteiger partial charge in [-0.25, -0.2) is 0 Å². The molecule has 0 amide bonds. The summed E-state index contributed by atoms with van der Waals surface area (Å²) >= 11 is 0. The molecule has 1 atom stereocenters. The van der Waals surface area contributed by atoms with Gasteiger partial charge in [0.15, 0.2) is 0 Å². The van der Waals surface area contributed by atoms with Gasteiger partial charge in [-0.1, -0.05) is 16.0 Å². The van der Waals surface area contributed by atoms with Gasteiger partial charge in [0, 0.05) is 6.92 Å². The molecule has 30 heavy (non-hydrogen) atoms. The number of halogens is 1. The molecule has 162 valence electrons. The van der Waals surface area contributed by atoms with E-state index in [2.05, 4.69) is 4.18 Å². The van der Waals surface area contributed by atoms with Gasteiger partial charge in [-0.05, 0) is 69.6 Å². The maximum absolute atomic E-state index is 12.5. The Kier molecular flexibility index (Phi) is 6.04. The van der Waals surface area contributed by atoms with Crippen LogP contribution in [0.15, 0.2) is 48.5 Å². The first-order chi connectivity index (χ1) is 13.8. The van der Waals surface area contributed by atoms with E-state index in [0.717, 1.165) is 5.46 Å². The van der Waals surface area contributed by atoms with E-state index in [4.69, 9.17) is 18.8 Å². The fraction of sp³-hybridized carbons (Fsp3) is 0.400. The second kappa shape index (κ2) is 8.09. The van der Waals surface area contributed by atoms with E-state index in [1.165, 1.54) is 24.3 Å².